The van der Waals surface area contributed by atoms with Crippen molar-refractivity contribution >= 4 is 22.9 Å². The molecule has 0 aliphatic rings. The van der Waals surface area contributed by atoms with Gasteiger partial charge < -0.3 is 4.74 Å². The summed E-state index contributed by atoms with van der Waals surface area (Å²) in [6, 6.07) is 0. The Labute approximate surface area is 74.4 Å². The van der Waals surface area contributed by atoms with Gasteiger partial charge in [0.2, 0.25) is 0 Å². The van der Waals surface area contributed by atoms with Crippen molar-refractivity contribution in [3.8, 4) is 0 Å². The van der Waals surface area contributed by atoms with E-state index in [9.17, 15) is 0 Å². The second-order valence-electron chi connectivity index (χ2n) is 1.86. The Bertz CT molecular complexity index is 216. The summed E-state index contributed by atoms with van der Waals surface area (Å²) in [6.07, 6.45) is 0. The maximum absolute atomic E-state index is 5.54. The van der Waals surface area contributed by atoms with E-state index in [1.807, 2.05) is 6.92 Å². The van der Waals surface area contributed by atoms with Crippen molar-refractivity contribution in [1.82, 2.24) is 10.2 Å². The highest BCUT2D eigenvalue weighted by Crippen LogP contribution is 2.12. The molecular weight excluding hydrogens is 184 g/mol. The van der Waals surface area contributed by atoms with E-state index >= 15 is 0 Å². The lowest BCUT2D eigenvalue weighted by molar-refractivity contribution is 0.133. The second-order valence-corrected chi connectivity index (χ2v) is 3.27. The minimum absolute atomic E-state index is 0.434. The summed E-state index contributed by atoms with van der Waals surface area (Å²) in [7, 11) is 0. The Hall–Kier alpha value is -0.190. The first-order valence-corrected chi connectivity index (χ1v) is 4.67. The van der Waals surface area contributed by atoms with E-state index in [0.29, 0.717) is 19.1 Å². The van der Waals surface area contributed by atoms with Crippen molar-refractivity contribution in [3.05, 3.63) is 10.0 Å². The van der Waals surface area contributed by atoms with Gasteiger partial charge in [0.25, 0.3) is 0 Å². The minimum atomic E-state index is 0.434. The van der Waals surface area contributed by atoms with E-state index in [0.717, 1.165) is 10.0 Å². The first-order valence-electron chi connectivity index (χ1n) is 3.31. The number of nitrogens with zero attached hydrogens (tertiary/aromatic N) is 2. The van der Waals surface area contributed by atoms with Gasteiger partial charge in [0, 0.05) is 6.61 Å². The Morgan fingerprint density at radius 1 is 1.45 bits per heavy atom. The largest absolute Gasteiger partial charge is 0.374 e. The average molecular weight is 193 g/mol. The molecular formula is C6H9ClN2OS. The molecule has 1 aromatic rings. The van der Waals surface area contributed by atoms with Crippen molar-refractivity contribution < 1.29 is 4.74 Å². The lowest BCUT2D eigenvalue weighted by Gasteiger charge is -1.92. The van der Waals surface area contributed by atoms with E-state index in [2.05, 4.69) is 10.2 Å². The van der Waals surface area contributed by atoms with Crippen LogP contribution in [0.2, 0.25) is 0 Å². The van der Waals surface area contributed by atoms with Gasteiger partial charge in [-0.05, 0) is 6.92 Å². The van der Waals surface area contributed by atoms with Crippen LogP contribution in [0, 0.1) is 0 Å². The average Bonchev–Trinajstić information content (AvgIpc) is 2.48. The van der Waals surface area contributed by atoms with Crippen LogP contribution >= 0.6 is 22.9 Å². The standard InChI is InChI=1S/C6H9ClN2OS/c1-2-10-4-6-9-8-5(3-7)11-6/h2-4H2,1H3. The molecule has 3 nitrogen and oxygen atoms in total. The molecule has 0 N–H and O–H groups in total. The Morgan fingerprint density at radius 2 is 2.18 bits per heavy atom. The number of alkyl halides is 1. The first kappa shape index (κ1) is 8.90. The highest BCUT2D eigenvalue weighted by Gasteiger charge is 2.01. The number of ether oxygens (including phenoxy) is 1. The van der Waals surface area contributed by atoms with Crippen molar-refractivity contribution in [3.63, 3.8) is 0 Å². The monoisotopic (exact) mass is 192 g/mol. The minimum Gasteiger partial charge on any atom is -0.374 e. The topological polar surface area (TPSA) is 35.0 Å². The number of aromatic nitrogens is 2. The van der Waals surface area contributed by atoms with E-state index < -0.39 is 0 Å². The second kappa shape index (κ2) is 4.64. The molecule has 1 rings (SSSR count). The molecule has 0 radical (unpaired) electrons. The highest BCUT2D eigenvalue weighted by atomic mass is 35.5. The maximum atomic E-state index is 5.54. The van der Waals surface area contributed by atoms with Gasteiger partial charge in [0.05, 0.1) is 5.88 Å². The van der Waals surface area contributed by atoms with E-state index in [4.69, 9.17) is 16.3 Å². The molecule has 1 heterocycles. The molecule has 0 bridgehead atoms. The van der Waals surface area contributed by atoms with Gasteiger partial charge >= 0.3 is 0 Å². The molecule has 11 heavy (non-hydrogen) atoms. The maximum Gasteiger partial charge on any atom is 0.143 e. The Balaban J connectivity index is 2.44. The van der Waals surface area contributed by atoms with E-state index in [1.165, 1.54) is 11.3 Å². The van der Waals surface area contributed by atoms with Crippen LogP contribution in [0.25, 0.3) is 0 Å². The summed E-state index contributed by atoms with van der Waals surface area (Å²) >= 11 is 7.04. The highest BCUT2D eigenvalue weighted by molar-refractivity contribution is 7.11. The fourth-order valence-corrected chi connectivity index (χ4v) is 1.44. The lowest BCUT2D eigenvalue weighted by Crippen LogP contribution is -1.90. The van der Waals surface area contributed by atoms with Crippen LogP contribution in [0.3, 0.4) is 0 Å². The van der Waals surface area contributed by atoms with Crippen LogP contribution in [-0.4, -0.2) is 16.8 Å². The quantitative estimate of drug-likeness (QED) is 0.683. The lowest BCUT2D eigenvalue weighted by atomic mass is 10.7. The van der Waals surface area contributed by atoms with Gasteiger partial charge in [0.1, 0.15) is 16.6 Å². The molecule has 0 unspecified atom stereocenters. The fraction of sp³-hybridized carbons (Fsp3) is 0.667. The number of rotatable bonds is 4. The molecule has 0 atom stereocenters. The summed E-state index contributed by atoms with van der Waals surface area (Å²) in [6.45, 7) is 3.20. The summed E-state index contributed by atoms with van der Waals surface area (Å²) < 4.78 is 5.14. The predicted molar refractivity (Wildman–Crippen MR) is 44.8 cm³/mol. The zero-order valence-corrected chi connectivity index (χ0v) is 7.78. The fourth-order valence-electron chi connectivity index (χ4n) is 0.590. The van der Waals surface area contributed by atoms with E-state index in [1.54, 1.807) is 0 Å². The third-order valence-corrected chi connectivity index (χ3v) is 2.36. The van der Waals surface area contributed by atoms with Crippen molar-refractivity contribution in [2.45, 2.75) is 19.4 Å². The summed E-state index contributed by atoms with van der Waals surface area (Å²) in [5, 5.41) is 9.47. The van der Waals surface area contributed by atoms with Gasteiger partial charge in [-0.25, -0.2) is 0 Å². The SMILES string of the molecule is CCOCc1nnc(CCl)s1. The zero-order chi connectivity index (χ0) is 8.10. The summed E-state index contributed by atoms with van der Waals surface area (Å²) in [5.41, 5.74) is 0. The van der Waals surface area contributed by atoms with Crippen molar-refractivity contribution in [2.75, 3.05) is 6.61 Å². The van der Waals surface area contributed by atoms with Gasteiger partial charge in [-0.3, -0.25) is 0 Å². The summed E-state index contributed by atoms with van der Waals surface area (Å²) in [4.78, 5) is 0. The van der Waals surface area contributed by atoms with Crippen molar-refractivity contribution in [2.24, 2.45) is 0 Å². The van der Waals surface area contributed by atoms with Crippen LogP contribution in [0.5, 0.6) is 0 Å². The van der Waals surface area contributed by atoms with Crippen molar-refractivity contribution in [1.29, 1.82) is 0 Å². The molecule has 0 aliphatic carbocycles. The number of hydrogen-bond donors (Lipinski definition) is 0. The molecule has 0 fully saturated rings. The molecule has 0 spiro atoms. The van der Waals surface area contributed by atoms with Crippen LogP contribution in [0.15, 0.2) is 0 Å². The summed E-state index contributed by atoms with van der Waals surface area (Å²) in [5.74, 6) is 0.434. The Morgan fingerprint density at radius 3 is 2.73 bits per heavy atom. The first-order chi connectivity index (χ1) is 5.36. The third-order valence-electron chi connectivity index (χ3n) is 1.05. The predicted octanol–water partition coefficient (Wildman–Crippen LogP) is 1.81. The molecule has 0 aliphatic heterocycles. The third kappa shape index (κ3) is 2.73. The van der Waals surface area contributed by atoms with Crippen LogP contribution in [-0.2, 0) is 17.2 Å². The molecule has 1 aromatic heterocycles. The smallest absolute Gasteiger partial charge is 0.143 e. The molecule has 62 valence electrons. The number of hydrogen-bond acceptors (Lipinski definition) is 4. The van der Waals surface area contributed by atoms with Gasteiger partial charge in [-0.2, -0.15) is 0 Å². The molecule has 0 aromatic carbocycles. The van der Waals surface area contributed by atoms with Crippen LogP contribution in [0.1, 0.15) is 16.9 Å². The van der Waals surface area contributed by atoms with E-state index in [-0.39, 0.29) is 0 Å². The van der Waals surface area contributed by atoms with Gasteiger partial charge in [-0.15, -0.1) is 21.8 Å². The van der Waals surface area contributed by atoms with Gasteiger partial charge in [-0.1, -0.05) is 11.3 Å². The Kier molecular flexibility index (Phi) is 3.76. The van der Waals surface area contributed by atoms with Crippen LogP contribution in [0.4, 0.5) is 0 Å². The molecule has 0 amide bonds. The van der Waals surface area contributed by atoms with Crippen LogP contribution < -0.4 is 0 Å². The number of halogens is 1. The molecule has 5 heteroatoms. The molecule has 0 saturated heterocycles. The zero-order valence-electron chi connectivity index (χ0n) is 6.21. The van der Waals surface area contributed by atoms with Gasteiger partial charge in [0.15, 0.2) is 0 Å². The molecule has 0 saturated carbocycles. The normalized spacial score (nSPS) is 10.4.